The number of nitrogens with zero attached hydrogens (tertiary/aromatic N) is 1. The Bertz CT molecular complexity index is 194. The molecule has 90 valence electrons. The largest absolute Gasteiger partial charge is 0.376 e. The Balaban J connectivity index is 2.45. The lowest BCUT2D eigenvalue weighted by molar-refractivity contribution is -0.0318. The van der Waals surface area contributed by atoms with Gasteiger partial charge in [0.05, 0.1) is 12.7 Å². The van der Waals surface area contributed by atoms with Crippen LogP contribution in [0.2, 0.25) is 0 Å². The monoisotopic (exact) mass is 214 g/mol. The highest BCUT2D eigenvalue weighted by molar-refractivity contribution is 4.84. The van der Waals surface area contributed by atoms with Crippen molar-refractivity contribution in [2.24, 2.45) is 5.41 Å². The van der Waals surface area contributed by atoms with Crippen LogP contribution in [0.3, 0.4) is 0 Å². The summed E-state index contributed by atoms with van der Waals surface area (Å²) in [6.45, 7) is 13.2. The second-order valence-corrected chi connectivity index (χ2v) is 5.42. The number of ether oxygens (including phenoxy) is 1. The van der Waals surface area contributed by atoms with E-state index in [0.29, 0.717) is 17.6 Å². The zero-order valence-corrected chi connectivity index (χ0v) is 10.8. The van der Waals surface area contributed by atoms with Gasteiger partial charge >= 0.3 is 0 Å². The maximum Gasteiger partial charge on any atom is 0.0674 e. The first-order chi connectivity index (χ1) is 6.95. The Hall–Kier alpha value is -0.120. The number of hydrogen-bond acceptors (Lipinski definition) is 3. The summed E-state index contributed by atoms with van der Waals surface area (Å²) in [6, 6.07) is 0.538. The van der Waals surface area contributed by atoms with Crippen molar-refractivity contribution in [3.8, 4) is 0 Å². The topological polar surface area (TPSA) is 24.5 Å². The molecule has 1 fully saturated rings. The van der Waals surface area contributed by atoms with Gasteiger partial charge in [-0.2, -0.15) is 0 Å². The van der Waals surface area contributed by atoms with Gasteiger partial charge in [0.1, 0.15) is 0 Å². The molecule has 1 heterocycles. The molecule has 0 aromatic rings. The van der Waals surface area contributed by atoms with Crippen LogP contribution in [0.25, 0.3) is 0 Å². The quantitative estimate of drug-likeness (QED) is 0.764. The molecule has 0 radical (unpaired) electrons. The molecule has 1 N–H and O–H groups in total. The summed E-state index contributed by atoms with van der Waals surface area (Å²) in [5.74, 6) is 0. The van der Waals surface area contributed by atoms with Gasteiger partial charge in [0.2, 0.25) is 0 Å². The van der Waals surface area contributed by atoms with Crippen molar-refractivity contribution in [3.05, 3.63) is 0 Å². The summed E-state index contributed by atoms with van der Waals surface area (Å²) in [6.07, 6.45) is 0.388. The molecule has 3 heteroatoms. The zero-order valence-electron chi connectivity index (χ0n) is 10.8. The molecular weight excluding hydrogens is 188 g/mol. The fourth-order valence-corrected chi connectivity index (χ4v) is 2.14. The number of morpholine rings is 1. The first-order valence-electron chi connectivity index (χ1n) is 5.97. The minimum Gasteiger partial charge on any atom is -0.376 e. The minimum absolute atomic E-state index is 0.311. The van der Waals surface area contributed by atoms with Crippen LogP contribution < -0.4 is 5.32 Å². The van der Waals surface area contributed by atoms with E-state index in [-0.39, 0.29) is 0 Å². The van der Waals surface area contributed by atoms with Crippen molar-refractivity contribution >= 4 is 0 Å². The van der Waals surface area contributed by atoms with Crippen LogP contribution in [0.1, 0.15) is 27.7 Å². The van der Waals surface area contributed by atoms with Crippen LogP contribution >= 0.6 is 0 Å². The molecule has 3 nitrogen and oxygen atoms in total. The van der Waals surface area contributed by atoms with Gasteiger partial charge < -0.3 is 10.1 Å². The van der Waals surface area contributed by atoms with E-state index in [9.17, 15) is 0 Å². The SMILES string of the molecule is CNC(C)C(C)(C)CN1CCOC(C)C1. The summed E-state index contributed by atoms with van der Waals surface area (Å²) >= 11 is 0. The Labute approximate surface area is 94.2 Å². The maximum absolute atomic E-state index is 5.55. The average Bonchev–Trinajstić information content (AvgIpc) is 2.15. The van der Waals surface area contributed by atoms with Crippen LogP contribution in [0.4, 0.5) is 0 Å². The van der Waals surface area contributed by atoms with Crippen LogP contribution in [0, 0.1) is 5.41 Å². The van der Waals surface area contributed by atoms with Crippen molar-refractivity contribution in [1.82, 2.24) is 10.2 Å². The molecule has 1 aliphatic rings. The first-order valence-corrected chi connectivity index (χ1v) is 5.97. The van der Waals surface area contributed by atoms with E-state index in [1.165, 1.54) is 0 Å². The molecule has 0 amide bonds. The molecule has 0 aromatic carbocycles. The smallest absolute Gasteiger partial charge is 0.0674 e. The predicted octanol–water partition coefficient (Wildman–Crippen LogP) is 1.34. The Kier molecular flexibility index (Phi) is 4.56. The standard InChI is InChI=1S/C12H26N2O/c1-10-8-14(6-7-15-10)9-12(3,4)11(2)13-5/h10-11,13H,6-9H2,1-5H3. The highest BCUT2D eigenvalue weighted by Gasteiger charge is 2.29. The van der Waals surface area contributed by atoms with Crippen LogP contribution in [0.5, 0.6) is 0 Å². The van der Waals surface area contributed by atoms with E-state index < -0.39 is 0 Å². The Morgan fingerprint density at radius 3 is 2.73 bits per heavy atom. The number of hydrogen-bond donors (Lipinski definition) is 1. The van der Waals surface area contributed by atoms with Crippen LogP contribution in [-0.4, -0.2) is 50.3 Å². The average molecular weight is 214 g/mol. The molecule has 0 saturated carbocycles. The van der Waals surface area contributed by atoms with Crippen molar-refractivity contribution in [3.63, 3.8) is 0 Å². The molecular formula is C12H26N2O. The molecule has 0 bridgehead atoms. The summed E-state index contributed by atoms with van der Waals surface area (Å²) < 4.78 is 5.55. The van der Waals surface area contributed by atoms with E-state index >= 15 is 0 Å². The van der Waals surface area contributed by atoms with Crippen molar-refractivity contribution < 1.29 is 4.74 Å². The molecule has 0 aliphatic carbocycles. The number of nitrogens with one attached hydrogen (secondary N) is 1. The molecule has 2 atom stereocenters. The Morgan fingerprint density at radius 1 is 1.53 bits per heavy atom. The molecule has 0 spiro atoms. The van der Waals surface area contributed by atoms with Crippen molar-refractivity contribution in [2.75, 3.05) is 33.3 Å². The second-order valence-electron chi connectivity index (χ2n) is 5.42. The highest BCUT2D eigenvalue weighted by atomic mass is 16.5. The van der Waals surface area contributed by atoms with E-state index in [1.807, 2.05) is 7.05 Å². The lowest BCUT2D eigenvalue weighted by Gasteiger charge is -2.40. The van der Waals surface area contributed by atoms with E-state index in [0.717, 1.165) is 26.2 Å². The fraction of sp³-hybridized carbons (Fsp3) is 1.00. The normalized spacial score (nSPS) is 26.6. The zero-order chi connectivity index (χ0) is 11.5. The lowest BCUT2D eigenvalue weighted by Crippen LogP contribution is -2.50. The van der Waals surface area contributed by atoms with Gasteiger partial charge in [-0.3, -0.25) is 4.90 Å². The molecule has 1 rings (SSSR count). The summed E-state index contributed by atoms with van der Waals surface area (Å²) in [5.41, 5.74) is 0.311. The summed E-state index contributed by atoms with van der Waals surface area (Å²) in [4.78, 5) is 2.52. The van der Waals surface area contributed by atoms with Crippen LogP contribution in [-0.2, 0) is 4.74 Å². The summed E-state index contributed by atoms with van der Waals surface area (Å²) in [7, 11) is 2.04. The molecule has 1 saturated heterocycles. The molecule has 2 unspecified atom stereocenters. The molecule has 1 aliphatic heterocycles. The van der Waals surface area contributed by atoms with Gasteiger partial charge in [-0.1, -0.05) is 13.8 Å². The fourth-order valence-electron chi connectivity index (χ4n) is 2.14. The van der Waals surface area contributed by atoms with Crippen LogP contribution in [0.15, 0.2) is 0 Å². The third kappa shape index (κ3) is 3.74. The van der Waals surface area contributed by atoms with E-state index in [4.69, 9.17) is 4.74 Å². The second kappa shape index (κ2) is 5.28. The molecule has 15 heavy (non-hydrogen) atoms. The third-order valence-corrected chi connectivity index (χ3v) is 3.56. The van der Waals surface area contributed by atoms with Gasteiger partial charge in [0.25, 0.3) is 0 Å². The minimum atomic E-state index is 0.311. The number of rotatable bonds is 4. The lowest BCUT2D eigenvalue weighted by atomic mass is 9.84. The third-order valence-electron chi connectivity index (χ3n) is 3.56. The van der Waals surface area contributed by atoms with Gasteiger partial charge in [0, 0.05) is 25.7 Å². The van der Waals surface area contributed by atoms with Gasteiger partial charge in [-0.25, -0.2) is 0 Å². The van der Waals surface area contributed by atoms with Gasteiger partial charge in [-0.05, 0) is 26.3 Å². The first kappa shape index (κ1) is 12.9. The van der Waals surface area contributed by atoms with E-state index in [2.05, 4.69) is 37.9 Å². The highest BCUT2D eigenvalue weighted by Crippen LogP contribution is 2.22. The van der Waals surface area contributed by atoms with Crippen molar-refractivity contribution in [1.29, 1.82) is 0 Å². The van der Waals surface area contributed by atoms with Gasteiger partial charge in [-0.15, -0.1) is 0 Å². The maximum atomic E-state index is 5.55. The van der Waals surface area contributed by atoms with E-state index in [1.54, 1.807) is 0 Å². The Morgan fingerprint density at radius 2 is 2.20 bits per heavy atom. The molecule has 0 aromatic heterocycles. The van der Waals surface area contributed by atoms with Gasteiger partial charge in [0.15, 0.2) is 0 Å². The van der Waals surface area contributed by atoms with Crippen molar-refractivity contribution in [2.45, 2.75) is 39.8 Å². The summed E-state index contributed by atoms with van der Waals surface area (Å²) in [5, 5.41) is 3.35. The predicted molar refractivity (Wildman–Crippen MR) is 64.2 cm³/mol.